The molecule has 84 valence electrons. The Labute approximate surface area is 99.4 Å². The van der Waals surface area contributed by atoms with Gasteiger partial charge >= 0.3 is 0 Å². The number of ether oxygens (including phenoxy) is 1. The van der Waals surface area contributed by atoms with Crippen LogP contribution < -0.4 is 0 Å². The van der Waals surface area contributed by atoms with Gasteiger partial charge in [0.15, 0.2) is 0 Å². The smallest absolute Gasteiger partial charge is 0.0883 e. The fourth-order valence-corrected chi connectivity index (χ4v) is 1.57. The maximum Gasteiger partial charge on any atom is 0.0883 e. The third-order valence-electron chi connectivity index (χ3n) is 2.68. The fraction of sp³-hybridized carbons (Fsp3) is 0.500. The van der Waals surface area contributed by atoms with Gasteiger partial charge in [0.2, 0.25) is 0 Å². The number of benzene rings is 1. The van der Waals surface area contributed by atoms with Crippen LogP contribution in [0.3, 0.4) is 0 Å². The molecule has 0 heterocycles. The molecule has 0 aliphatic carbocycles. The van der Waals surface area contributed by atoms with Crippen molar-refractivity contribution in [1.29, 1.82) is 0 Å². The van der Waals surface area contributed by atoms with Crippen molar-refractivity contribution >= 4 is 15.9 Å². The van der Waals surface area contributed by atoms with Gasteiger partial charge in [0.05, 0.1) is 12.2 Å². The summed E-state index contributed by atoms with van der Waals surface area (Å²) >= 11 is 3.40. The van der Waals surface area contributed by atoms with Crippen molar-refractivity contribution < 1.29 is 9.84 Å². The van der Waals surface area contributed by atoms with Gasteiger partial charge < -0.3 is 9.84 Å². The maximum atomic E-state index is 9.17. The van der Waals surface area contributed by atoms with E-state index in [1.807, 2.05) is 19.1 Å². The number of methoxy groups -OCH3 is 1. The second kappa shape index (κ2) is 5.64. The van der Waals surface area contributed by atoms with E-state index in [0.29, 0.717) is 0 Å². The second-order valence-electron chi connectivity index (χ2n) is 3.94. The Morgan fingerprint density at radius 1 is 1.33 bits per heavy atom. The molecule has 0 spiro atoms. The number of hydrogen-bond donors (Lipinski definition) is 1. The van der Waals surface area contributed by atoms with Crippen LogP contribution in [-0.2, 0) is 11.2 Å². The Bertz CT molecular complexity index is 291. The lowest BCUT2D eigenvalue weighted by Gasteiger charge is -2.25. The number of halogens is 1. The molecule has 0 saturated carbocycles. The molecule has 0 aromatic heterocycles. The van der Waals surface area contributed by atoms with Gasteiger partial charge in [0.1, 0.15) is 0 Å². The van der Waals surface area contributed by atoms with Crippen LogP contribution in [0.2, 0.25) is 0 Å². The van der Waals surface area contributed by atoms with E-state index in [2.05, 4.69) is 28.1 Å². The molecule has 1 unspecified atom stereocenters. The molecular weight excluding hydrogens is 256 g/mol. The van der Waals surface area contributed by atoms with Gasteiger partial charge in [-0.05, 0) is 37.5 Å². The number of rotatable bonds is 5. The van der Waals surface area contributed by atoms with E-state index >= 15 is 0 Å². The van der Waals surface area contributed by atoms with Crippen LogP contribution in [-0.4, -0.2) is 24.4 Å². The van der Waals surface area contributed by atoms with Gasteiger partial charge in [-0.3, -0.25) is 0 Å². The summed E-state index contributed by atoms with van der Waals surface area (Å²) in [5.74, 6) is 0. The Morgan fingerprint density at radius 2 is 1.93 bits per heavy atom. The predicted molar refractivity (Wildman–Crippen MR) is 65.0 cm³/mol. The first kappa shape index (κ1) is 12.7. The molecule has 0 aliphatic heterocycles. The highest BCUT2D eigenvalue weighted by Crippen LogP contribution is 2.18. The second-order valence-corrected chi connectivity index (χ2v) is 4.85. The fourth-order valence-electron chi connectivity index (χ4n) is 1.31. The average Bonchev–Trinajstić information content (AvgIpc) is 2.28. The number of aryl methyl sites for hydroxylation is 1. The first-order valence-electron chi connectivity index (χ1n) is 5.00. The van der Waals surface area contributed by atoms with E-state index in [4.69, 9.17) is 4.74 Å². The highest BCUT2D eigenvalue weighted by Gasteiger charge is 2.21. The molecule has 1 atom stereocenters. The van der Waals surface area contributed by atoms with Crippen molar-refractivity contribution in [3.05, 3.63) is 34.3 Å². The van der Waals surface area contributed by atoms with Crippen LogP contribution >= 0.6 is 15.9 Å². The van der Waals surface area contributed by atoms with Crippen LogP contribution in [0.4, 0.5) is 0 Å². The molecule has 2 nitrogen and oxygen atoms in total. The number of aliphatic hydroxyl groups is 1. The molecule has 15 heavy (non-hydrogen) atoms. The normalized spacial score (nSPS) is 14.9. The van der Waals surface area contributed by atoms with Crippen molar-refractivity contribution in [3.63, 3.8) is 0 Å². The summed E-state index contributed by atoms with van der Waals surface area (Å²) in [4.78, 5) is 0. The SMILES string of the molecule is COC(C)(CO)CCc1ccc(Br)cc1. The Balaban J connectivity index is 2.53. The van der Waals surface area contributed by atoms with E-state index in [1.165, 1.54) is 5.56 Å². The Hall–Kier alpha value is -0.380. The van der Waals surface area contributed by atoms with E-state index < -0.39 is 5.60 Å². The minimum absolute atomic E-state index is 0.0556. The third-order valence-corrected chi connectivity index (χ3v) is 3.21. The predicted octanol–water partition coefficient (Wildman–Crippen LogP) is 2.78. The highest BCUT2D eigenvalue weighted by molar-refractivity contribution is 9.10. The van der Waals surface area contributed by atoms with Gasteiger partial charge in [0, 0.05) is 11.6 Å². The topological polar surface area (TPSA) is 29.5 Å². The summed E-state index contributed by atoms with van der Waals surface area (Å²) < 4.78 is 6.36. The first-order valence-corrected chi connectivity index (χ1v) is 5.79. The summed E-state index contributed by atoms with van der Waals surface area (Å²) in [6.07, 6.45) is 1.74. The van der Waals surface area contributed by atoms with Crippen molar-refractivity contribution in [2.24, 2.45) is 0 Å². The van der Waals surface area contributed by atoms with Crippen molar-refractivity contribution in [2.75, 3.05) is 13.7 Å². The monoisotopic (exact) mass is 272 g/mol. The van der Waals surface area contributed by atoms with Crippen LogP contribution in [0.5, 0.6) is 0 Å². The largest absolute Gasteiger partial charge is 0.393 e. The summed E-state index contributed by atoms with van der Waals surface area (Å²) in [5, 5.41) is 9.17. The molecule has 1 aromatic carbocycles. The van der Waals surface area contributed by atoms with Crippen molar-refractivity contribution in [1.82, 2.24) is 0 Å². The molecule has 1 rings (SSSR count). The zero-order valence-electron chi connectivity index (χ0n) is 9.16. The molecule has 0 radical (unpaired) electrons. The zero-order valence-corrected chi connectivity index (χ0v) is 10.8. The molecule has 0 fully saturated rings. The van der Waals surface area contributed by atoms with E-state index in [0.717, 1.165) is 17.3 Å². The van der Waals surface area contributed by atoms with Crippen LogP contribution in [0, 0.1) is 0 Å². The molecule has 0 aliphatic rings. The van der Waals surface area contributed by atoms with Crippen LogP contribution in [0.25, 0.3) is 0 Å². The summed E-state index contributed by atoms with van der Waals surface area (Å²) in [7, 11) is 1.64. The number of aliphatic hydroxyl groups excluding tert-OH is 1. The standard InChI is InChI=1S/C12H17BrO2/c1-12(9-14,15-2)8-7-10-3-5-11(13)6-4-10/h3-6,14H,7-9H2,1-2H3. The molecular formula is C12H17BrO2. The lowest BCUT2D eigenvalue weighted by Crippen LogP contribution is -2.32. The van der Waals surface area contributed by atoms with E-state index in [-0.39, 0.29) is 6.61 Å². The Morgan fingerprint density at radius 3 is 2.40 bits per heavy atom. The first-order chi connectivity index (χ1) is 7.09. The molecule has 0 amide bonds. The lowest BCUT2D eigenvalue weighted by atomic mass is 9.97. The minimum Gasteiger partial charge on any atom is -0.393 e. The molecule has 1 aromatic rings. The third kappa shape index (κ3) is 3.93. The van der Waals surface area contributed by atoms with Crippen molar-refractivity contribution in [3.8, 4) is 0 Å². The van der Waals surface area contributed by atoms with Gasteiger partial charge in [-0.15, -0.1) is 0 Å². The quantitative estimate of drug-likeness (QED) is 0.893. The van der Waals surface area contributed by atoms with Crippen LogP contribution in [0.1, 0.15) is 18.9 Å². The molecule has 0 bridgehead atoms. The minimum atomic E-state index is -0.424. The van der Waals surface area contributed by atoms with E-state index in [1.54, 1.807) is 7.11 Å². The summed E-state index contributed by atoms with van der Waals surface area (Å²) in [5.41, 5.74) is 0.836. The number of hydrogen-bond acceptors (Lipinski definition) is 2. The van der Waals surface area contributed by atoms with Crippen molar-refractivity contribution in [2.45, 2.75) is 25.4 Å². The molecule has 0 saturated heterocycles. The van der Waals surface area contributed by atoms with Gasteiger partial charge in [0.25, 0.3) is 0 Å². The maximum absolute atomic E-state index is 9.17. The molecule has 1 N–H and O–H groups in total. The zero-order chi connectivity index (χ0) is 11.3. The summed E-state index contributed by atoms with van der Waals surface area (Å²) in [6, 6.07) is 8.21. The molecule has 3 heteroatoms. The van der Waals surface area contributed by atoms with Gasteiger partial charge in [-0.1, -0.05) is 28.1 Å². The van der Waals surface area contributed by atoms with Gasteiger partial charge in [-0.25, -0.2) is 0 Å². The lowest BCUT2D eigenvalue weighted by molar-refractivity contribution is -0.0429. The Kier molecular flexibility index (Phi) is 4.77. The van der Waals surface area contributed by atoms with Gasteiger partial charge in [-0.2, -0.15) is 0 Å². The van der Waals surface area contributed by atoms with E-state index in [9.17, 15) is 5.11 Å². The highest BCUT2D eigenvalue weighted by atomic mass is 79.9. The summed E-state index contributed by atoms with van der Waals surface area (Å²) in [6.45, 7) is 1.98. The van der Waals surface area contributed by atoms with Crippen LogP contribution in [0.15, 0.2) is 28.7 Å². The average molecular weight is 273 g/mol.